The zero-order valence-corrected chi connectivity index (χ0v) is 17.8. The molecular formula is C24H32N4O. The van der Waals surface area contributed by atoms with Gasteiger partial charge >= 0.3 is 6.03 Å². The van der Waals surface area contributed by atoms with Crippen molar-refractivity contribution >= 4 is 11.6 Å². The highest BCUT2D eigenvalue weighted by molar-refractivity contribution is 5.75. The van der Waals surface area contributed by atoms with E-state index < -0.39 is 5.54 Å². The summed E-state index contributed by atoms with van der Waals surface area (Å²) in [7, 11) is 0. The zero-order chi connectivity index (χ0) is 20.9. The van der Waals surface area contributed by atoms with Crippen LogP contribution >= 0.6 is 0 Å². The van der Waals surface area contributed by atoms with Crippen LogP contribution in [0.2, 0.25) is 0 Å². The smallest absolute Gasteiger partial charge is 0.318 e. The number of urea groups is 1. The monoisotopic (exact) mass is 392 g/mol. The molecule has 0 unspecified atom stereocenters. The highest BCUT2D eigenvalue weighted by atomic mass is 16.2. The van der Waals surface area contributed by atoms with Gasteiger partial charge in [0.1, 0.15) is 0 Å². The Morgan fingerprint density at radius 1 is 1.14 bits per heavy atom. The Kier molecular flexibility index (Phi) is 6.70. The highest BCUT2D eigenvalue weighted by Gasteiger charge is 2.27. The molecule has 1 fully saturated rings. The third-order valence-corrected chi connectivity index (χ3v) is 5.53. The molecule has 0 bridgehead atoms. The maximum atomic E-state index is 13.0. The van der Waals surface area contributed by atoms with Crippen molar-refractivity contribution < 1.29 is 4.79 Å². The van der Waals surface area contributed by atoms with Crippen molar-refractivity contribution in [1.29, 1.82) is 0 Å². The van der Waals surface area contributed by atoms with Gasteiger partial charge in [-0.15, -0.1) is 0 Å². The summed E-state index contributed by atoms with van der Waals surface area (Å²) in [5.74, 6) is 0. The van der Waals surface area contributed by atoms with Crippen LogP contribution in [-0.4, -0.2) is 47.0 Å². The third kappa shape index (κ3) is 5.67. The molecule has 0 atom stereocenters. The fraction of sp³-hybridized carbons (Fsp3) is 0.417. The number of hydrogen-bond donors (Lipinski definition) is 1. The maximum Gasteiger partial charge on any atom is 0.318 e. The van der Waals surface area contributed by atoms with Crippen molar-refractivity contribution in [3.63, 3.8) is 0 Å². The summed E-state index contributed by atoms with van der Waals surface area (Å²) in [5.41, 5.74) is 4.02. The quantitative estimate of drug-likeness (QED) is 0.827. The number of allylic oxidation sites excluding steroid dienone is 1. The van der Waals surface area contributed by atoms with Gasteiger partial charge in [0.25, 0.3) is 0 Å². The van der Waals surface area contributed by atoms with Gasteiger partial charge in [-0.05, 0) is 62.1 Å². The topological polar surface area (TPSA) is 48.5 Å². The number of nitrogens with zero attached hydrogens (tertiary/aromatic N) is 3. The van der Waals surface area contributed by atoms with Gasteiger partial charge in [-0.3, -0.25) is 9.88 Å². The van der Waals surface area contributed by atoms with E-state index in [-0.39, 0.29) is 6.03 Å². The standard InChI is InChI=1S/C24H32N4O/c1-19(2)21-7-5-8-22(17-21)24(3,4)26-23(29)28-14-6-13-27(15-16-28)18-20-9-11-25-12-10-20/h5,7-12,17H,1,6,13-16,18H2,2-4H3,(H,26,29). The fourth-order valence-corrected chi connectivity index (χ4v) is 3.67. The van der Waals surface area contributed by atoms with Crippen molar-refractivity contribution in [2.24, 2.45) is 0 Å². The number of amides is 2. The summed E-state index contributed by atoms with van der Waals surface area (Å²) in [5, 5.41) is 3.23. The molecule has 1 N–H and O–H groups in total. The molecule has 1 saturated heterocycles. The average Bonchev–Trinajstić information content (AvgIpc) is 2.94. The Morgan fingerprint density at radius 3 is 2.62 bits per heavy atom. The lowest BCUT2D eigenvalue weighted by atomic mass is 9.92. The predicted octanol–water partition coefficient (Wildman–Crippen LogP) is 4.27. The van der Waals surface area contributed by atoms with E-state index in [0.29, 0.717) is 0 Å². The van der Waals surface area contributed by atoms with E-state index in [2.05, 4.69) is 66.0 Å². The Labute approximate surface area is 174 Å². The number of carbonyl (C=O) groups excluding carboxylic acids is 1. The van der Waals surface area contributed by atoms with Crippen molar-refractivity contribution in [1.82, 2.24) is 20.1 Å². The Bertz CT molecular complexity index is 847. The Morgan fingerprint density at radius 2 is 1.90 bits per heavy atom. The van der Waals surface area contributed by atoms with Gasteiger partial charge in [-0.25, -0.2) is 4.79 Å². The summed E-state index contributed by atoms with van der Waals surface area (Å²) in [6, 6.07) is 12.4. The number of benzene rings is 1. The summed E-state index contributed by atoms with van der Waals surface area (Å²) in [6.07, 6.45) is 4.64. The lowest BCUT2D eigenvalue weighted by Gasteiger charge is -2.31. The van der Waals surface area contributed by atoms with Crippen LogP contribution in [0.3, 0.4) is 0 Å². The van der Waals surface area contributed by atoms with Crippen LogP contribution in [0.4, 0.5) is 4.79 Å². The van der Waals surface area contributed by atoms with Gasteiger partial charge in [0.05, 0.1) is 5.54 Å². The largest absolute Gasteiger partial charge is 0.329 e. The summed E-state index contributed by atoms with van der Waals surface area (Å²) >= 11 is 0. The minimum absolute atomic E-state index is 0.00138. The van der Waals surface area contributed by atoms with Gasteiger partial charge in [0, 0.05) is 45.1 Å². The molecule has 154 valence electrons. The lowest BCUT2D eigenvalue weighted by molar-refractivity contribution is 0.187. The first-order chi connectivity index (χ1) is 13.8. The second-order valence-electron chi connectivity index (χ2n) is 8.39. The molecule has 0 aliphatic carbocycles. The van der Waals surface area contributed by atoms with Crippen LogP contribution in [0, 0.1) is 0 Å². The molecule has 29 heavy (non-hydrogen) atoms. The van der Waals surface area contributed by atoms with Crippen LogP contribution in [0.1, 0.15) is 43.9 Å². The molecule has 0 saturated carbocycles. The molecule has 0 spiro atoms. The van der Waals surface area contributed by atoms with E-state index >= 15 is 0 Å². The molecule has 5 heteroatoms. The minimum atomic E-state index is -0.453. The molecule has 1 aromatic heterocycles. The number of pyridine rings is 1. The lowest BCUT2D eigenvalue weighted by Crippen LogP contribution is -2.49. The molecule has 2 heterocycles. The molecular weight excluding hydrogens is 360 g/mol. The molecule has 1 aromatic carbocycles. The Balaban J connectivity index is 1.60. The average molecular weight is 393 g/mol. The molecule has 2 amide bonds. The van der Waals surface area contributed by atoms with Gasteiger partial charge < -0.3 is 10.2 Å². The van der Waals surface area contributed by atoms with Crippen molar-refractivity contribution in [3.8, 4) is 0 Å². The van der Waals surface area contributed by atoms with E-state index in [1.54, 1.807) is 0 Å². The first kappa shape index (κ1) is 21.1. The van der Waals surface area contributed by atoms with Gasteiger partial charge in [-0.1, -0.05) is 30.4 Å². The van der Waals surface area contributed by atoms with E-state index in [1.165, 1.54) is 5.56 Å². The zero-order valence-electron chi connectivity index (χ0n) is 17.8. The summed E-state index contributed by atoms with van der Waals surface area (Å²) in [4.78, 5) is 21.4. The van der Waals surface area contributed by atoms with E-state index in [9.17, 15) is 4.79 Å². The van der Waals surface area contributed by atoms with Crippen LogP contribution < -0.4 is 5.32 Å². The second-order valence-corrected chi connectivity index (χ2v) is 8.39. The Hall–Kier alpha value is -2.66. The van der Waals surface area contributed by atoms with Crippen molar-refractivity contribution in [3.05, 3.63) is 72.1 Å². The minimum Gasteiger partial charge on any atom is -0.329 e. The van der Waals surface area contributed by atoms with Crippen molar-refractivity contribution in [2.75, 3.05) is 26.2 Å². The van der Waals surface area contributed by atoms with Crippen molar-refractivity contribution in [2.45, 2.75) is 39.3 Å². The first-order valence-electron chi connectivity index (χ1n) is 10.3. The number of aromatic nitrogens is 1. The normalized spacial score (nSPS) is 15.6. The fourth-order valence-electron chi connectivity index (χ4n) is 3.67. The number of carbonyl (C=O) groups is 1. The van der Waals surface area contributed by atoms with Gasteiger partial charge in [0.15, 0.2) is 0 Å². The van der Waals surface area contributed by atoms with E-state index in [1.807, 2.05) is 30.3 Å². The molecule has 1 aliphatic heterocycles. The van der Waals surface area contributed by atoms with Crippen LogP contribution in [-0.2, 0) is 12.1 Å². The van der Waals surface area contributed by atoms with E-state index in [4.69, 9.17) is 0 Å². The van der Waals surface area contributed by atoms with Crippen LogP contribution in [0.5, 0.6) is 0 Å². The highest BCUT2D eigenvalue weighted by Crippen LogP contribution is 2.24. The number of nitrogens with one attached hydrogen (secondary N) is 1. The van der Waals surface area contributed by atoms with Crippen LogP contribution in [0.15, 0.2) is 55.4 Å². The molecule has 3 rings (SSSR count). The maximum absolute atomic E-state index is 13.0. The molecule has 1 aliphatic rings. The predicted molar refractivity (Wildman–Crippen MR) is 118 cm³/mol. The van der Waals surface area contributed by atoms with Crippen LogP contribution in [0.25, 0.3) is 5.57 Å². The number of rotatable bonds is 5. The second kappa shape index (κ2) is 9.23. The molecule has 2 aromatic rings. The van der Waals surface area contributed by atoms with Gasteiger partial charge in [-0.2, -0.15) is 0 Å². The summed E-state index contributed by atoms with van der Waals surface area (Å²) < 4.78 is 0. The van der Waals surface area contributed by atoms with Gasteiger partial charge in [0.2, 0.25) is 0 Å². The SMILES string of the molecule is C=C(C)c1cccc(C(C)(C)NC(=O)N2CCCN(Cc3ccncc3)CC2)c1. The first-order valence-corrected chi connectivity index (χ1v) is 10.3. The number of hydrogen-bond acceptors (Lipinski definition) is 3. The van der Waals surface area contributed by atoms with E-state index in [0.717, 1.165) is 55.8 Å². The molecule has 5 nitrogen and oxygen atoms in total. The third-order valence-electron chi connectivity index (χ3n) is 5.53. The molecule has 0 radical (unpaired) electrons. The summed E-state index contributed by atoms with van der Waals surface area (Å²) in [6.45, 7) is 14.4.